The summed E-state index contributed by atoms with van der Waals surface area (Å²) in [5.74, 6) is -2.59. The van der Waals surface area contributed by atoms with Crippen molar-refractivity contribution < 1.29 is 23.1 Å². The first kappa shape index (κ1) is 22.1. The second-order valence-corrected chi connectivity index (χ2v) is 7.48. The molecule has 0 unspecified atom stereocenters. The monoisotopic (exact) mass is 427 g/mol. The number of ether oxygens (including phenoxy) is 1. The van der Waals surface area contributed by atoms with Crippen molar-refractivity contribution in [1.29, 1.82) is 0 Å². The van der Waals surface area contributed by atoms with Gasteiger partial charge in [-0.1, -0.05) is 38.1 Å². The van der Waals surface area contributed by atoms with Crippen LogP contribution in [0, 0.1) is 17.6 Å². The number of halogens is 2. The van der Waals surface area contributed by atoms with Gasteiger partial charge in [0.25, 0.3) is 5.91 Å². The number of amides is 1. The van der Waals surface area contributed by atoms with Gasteiger partial charge in [-0.05, 0) is 29.7 Å². The van der Waals surface area contributed by atoms with E-state index in [1.54, 1.807) is 23.0 Å². The van der Waals surface area contributed by atoms with Crippen LogP contribution in [0.2, 0.25) is 0 Å². The SMILES string of the molecule is CC(C)COC(=O)[C@H](Cn1ccnc1)NC(=O)c1ccc(-c2ccccc2F)cc1F. The third-order valence-corrected chi connectivity index (χ3v) is 4.50. The second kappa shape index (κ2) is 9.97. The molecule has 0 spiro atoms. The quantitative estimate of drug-likeness (QED) is 0.555. The minimum absolute atomic E-state index is 0.0810. The minimum Gasteiger partial charge on any atom is -0.464 e. The molecule has 0 saturated carbocycles. The van der Waals surface area contributed by atoms with Gasteiger partial charge in [0.2, 0.25) is 0 Å². The molecule has 1 atom stereocenters. The van der Waals surface area contributed by atoms with Crippen LogP contribution in [0.5, 0.6) is 0 Å². The Kier molecular flexibility index (Phi) is 7.12. The number of carbonyl (C=O) groups is 2. The van der Waals surface area contributed by atoms with Crippen molar-refractivity contribution in [2.24, 2.45) is 5.92 Å². The molecule has 1 aromatic heterocycles. The fourth-order valence-electron chi connectivity index (χ4n) is 2.93. The van der Waals surface area contributed by atoms with Gasteiger partial charge in [-0.15, -0.1) is 0 Å². The van der Waals surface area contributed by atoms with E-state index in [1.165, 1.54) is 36.7 Å². The van der Waals surface area contributed by atoms with Crippen LogP contribution in [0.1, 0.15) is 24.2 Å². The Balaban J connectivity index is 1.78. The third kappa shape index (κ3) is 5.75. The molecule has 162 valence electrons. The molecule has 6 nitrogen and oxygen atoms in total. The molecular formula is C23H23F2N3O3. The summed E-state index contributed by atoms with van der Waals surface area (Å²) in [6.07, 6.45) is 4.68. The van der Waals surface area contributed by atoms with Gasteiger partial charge >= 0.3 is 5.97 Å². The Morgan fingerprint density at radius 1 is 1.13 bits per heavy atom. The standard InChI is InChI=1S/C23H23F2N3O3/c1-15(2)13-31-23(30)21(12-28-10-9-26-14-28)27-22(29)18-8-7-16(11-20(18)25)17-5-3-4-6-19(17)24/h3-11,14-15,21H,12-13H2,1-2H3,(H,27,29)/t21-/m0/s1. The van der Waals surface area contributed by atoms with Crippen molar-refractivity contribution in [3.05, 3.63) is 78.4 Å². The summed E-state index contributed by atoms with van der Waals surface area (Å²) < 4.78 is 35.5. The number of aromatic nitrogens is 2. The Morgan fingerprint density at radius 2 is 1.90 bits per heavy atom. The molecular weight excluding hydrogens is 404 g/mol. The van der Waals surface area contributed by atoms with E-state index in [2.05, 4.69) is 10.3 Å². The van der Waals surface area contributed by atoms with Crippen LogP contribution in [0.15, 0.2) is 61.2 Å². The molecule has 3 aromatic rings. The number of hydrogen-bond acceptors (Lipinski definition) is 4. The molecule has 0 fully saturated rings. The predicted octanol–water partition coefficient (Wildman–Crippen LogP) is 3.83. The maximum atomic E-state index is 14.7. The average molecular weight is 427 g/mol. The maximum Gasteiger partial charge on any atom is 0.330 e. The number of hydrogen-bond donors (Lipinski definition) is 1. The summed E-state index contributed by atoms with van der Waals surface area (Å²) in [7, 11) is 0. The van der Waals surface area contributed by atoms with Gasteiger partial charge in [0.1, 0.15) is 17.7 Å². The van der Waals surface area contributed by atoms with Gasteiger partial charge in [0.15, 0.2) is 0 Å². The lowest BCUT2D eigenvalue weighted by atomic mass is 10.0. The second-order valence-electron chi connectivity index (χ2n) is 7.48. The highest BCUT2D eigenvalue weighted by Crippen LogP contribution is 2.24. The molecule has 31 heavy (non-hydrogen) atoms. The predicted molar refractivity (Wildman–Crippen MR) is 111 cm³/mol. The first-order chi connectivity index (χ1) is 14.8. The highest BCUT2D eigenvalue weighted by atomic mass is 19.1. The lowest BCUT2D eigenvalue weighted by Gasteiger charge is -2.19. The minimum atomic E-state index is -1.04. The summed E-state index contributed by atoms with van der Waals surface area (Å²) >= 11 is 0. The smallest absolute Gasteiger partial charge is 0.330 e. The van der Waals surface area contributed by atoms with E-state index in [0.717, 1.165) is 6.07 Å². The van der Waals surface area contributed by atoms with E-state index in [1.807, 2.05) is 13.8 Å². The van der Waals surface area contributed by atoms with Crippen molar-refractivity contribution in [2.75, 3.05) is 6.61 Å². The summed E-state index contributed by atoms with van der Waals surface area (Å²) in [6, 6.07) is 8.75. The van der Waals surface area contributed by atoms with Crippen LogP contribution >= 0.6 is 0 Å². The zero-order chi connectivity index (χ0) is 22.4. The first-order valence-electron chi connectivity index (χ1n) is 9.83. The molecule has 0 aliphatic rings. The number of carbonyl (C=O) groups excluding carboxylic acids is 2. The van der Waals surface area contributed by atoms with E-state index < -0.39 is 29.6 Å². The Bertz CT molecular complexity index is 1050. The Labute approximate surface area is 178 Å². The van der Waals surface area contributed by atoms with Gasteiger partial charge in [0, 0.05) is 18.0 Å². The van der Waals surface area contributed by atoms with Crippen molar-refractivity contribution in [3.63, 3.8) is 0 Å². The lowest BCUT2D eigenvalue weighted by molar-refractivity contribution is -0.147. The fourth-order valence-corrected chi connectivity index (χ4v) is 2.93. The number of benzene rings is 2. The zero-order valence-electron chi connectivity index (χ0n) is 17.2. The normalized spacial score (nSPS) is 11.9. The summed E-state index contributed by atoms with van der Waals surface area (Å²) in [5, 5.41) is 2.53. The molecule has 0 aliphatic carbocycles. The molecule has 8 heteroatoms. The molecule has 3 rings (SSSR count). The third-order valence-electron chi connectivity index (χ3n) is 4.50. The number of esters is 1. The van der Waals surface area contributed by atoms with E-state index in [0.29, 0.717) is 5.56 Å². The van der Waals surface area contributed by atoms with Gasteiger partial charge in [-0.3, -0.25) is 4.79 Å². The van der Waals surface area contributed by atoms with Gasteiger partial charge in [0.05, 0.1) is 25.0 Å². The molecule has 1 heterocycles. The van der Waals surface area contributed by atoms with E-state index >= 15 is 0 Å². The van der Waals surface area contributed by atoms with Crippen LogP contribution in [0.4, 0.5) is 8.78 Å². The highest BCUT2D eigenvalue weighted by molar-refractivity contribution is 5.97. The van der Waals surface area contributed by atoms with Gasteiger partial charge in [-0.25, -0.2) is 18.6 Å². The van der Waals surface area contributed by atoms with Gasteiger partial charge < -0.3 is 14.6 Å². The first-order valence-corrected chi connectivity index (χ1v) is 9.83. The summed E-state index contributed by atoms with van der Waals surface area (Å²) in [5.41, 5.74) is 0.273. The summed E-state index contributed by atoms with van der Waals surface area (Å²) in [4.78, 5) is 29.1. The maximum absolute atomic E-state index is 14.7. The Hall–Kier alpha value is -3.55. The van der Waals surface area contributed by atoms with Crippen molar-refractivity contribution in [3.8, 4) is 11.1 Å². The van der Waals surface area contributed by atoms with E-state index in [9.17, 15) is 18.4 Å². The van der Waals surface area contributed by atoms with E-state index in [-0.39, 0.29) is 30.2 Å². The molecule has 1 N–H and O–H groups in total. The largest absolute Gasteiger partial charge is 0.464 e. The van der Waals surface area contributed by atoms with Crippen LogP contribution in [-0.4, -0.2) is 34.1 Å². The topological polar surface area (TPSA) is 73.2 Å². The van der Waals surface area contributed by atoms with Crippen LogP contribution in [0.3, 0.4) is 0 Å². The molecule has 0 saturated heterocycles. The van der Waals surface area contributed by atoms with Crippen molar-refractivity contribution in [1.82, 2.24) is 14.9 Å². The molecule has 0 aliphatic heterocycles. The number of rotatable bonds is 8. The highest BCUT2D eigenvalue weighted by Gasteiger charge is 2.25. The van der Waals surface area contributed by atoms with Gasteiger partial charge in [-0.2, -0.15) is 0 Å². The van der Waals surface area contributed by atoms with Crippen molar-refractivity contribution in [2.45, 2.75) is 26.4 Å². The van der Waals surface area contributed by atoms with Crippen LogP contribution in [0.25, 0.3) is 11.1 Å². The number of nitrogens with zero attached hydrogens (tertiary/aromatic N) is 2. The van der Waals surface area contributed by atoms with Crippen LogP contribution in [-0.2, 0) is 16.1 Å². The molecule has 0 radical (unpaired) electrons. The van der Waals surface area contributed by atoms with Crippen LogP contribution < -0.4 is 5.32 Å². The Morgan fingerprint density at radius 3 is 2.55 bits per heavy atom. The molecule has 2 aromatic carbocycles. The zero-order valence-corrected chi connectivity index (χ0v) is 17.2. The number of imidazole rings is 1. The van der Waals surface area contributed by atoms with Crippen molar-refractivity contribution >= 4 is 11.9 Å². The molecule has 1 amide bonds. The average Bonchev–Trinajstić information content (AvgIpc) is 3.24. The summed E-state index contributed by atoms with van der Waals surface area (Å²) in [6.45, 7) is 4.06. The number of nitrogens with one attached hydrogen (secondary N) is 1. The lowest BCUT2D eigenvalue weighted by Crippen LogP contribution is -2.45. The molecule has 0 bridgehead atoms. The van der Waals surface area contributed by atoms with E-state index in [4.69, 9.17) is 4.74 Å². The fraction of sp³-hybridized carbons (Fsp3) is 0.261.